The van der Waals surface area contributed by atoms with E-state index in [1.807, 2.05) is 11.8 Å². The number of hydrogen-bond donors (Lipinski definition) is 1. The van der Waals surface area contributed by atoms with Gasteiger partial charge in [-0.2, -0.15) is 16.9 Å². The quantitative estimate of drug-likeness (QED) is 0.869. The van der Waals surface area contributed by atoms with E-state index in [1.54, 1.807) is 13.2 Å². The van der Waals surface area contributed by atoms with Gasteiger partial charge in [0.25, 0.3) is 5.56 Å². The molecular weight excluding hydrogens is 314 g/mol. The van der Waals surface area contributed by atoms with Crippen molar-refractivity contribution in [3.8, 4) is 0 Å². The summed E-state index contributed by atoms with van der Waals surface area (Å²) in [6.07, 6.45) is 6.00. The number of aromatic nitrogens is 2. The molecule has 1 rings (SSSR count). The Balaban J connectivity index is 2.87. The van der Waals surface area contributed by atoms with E-state index >= 15 is 0 Å². The number of aryl methyl sites for hydroxylation is 1. The van der Waals surface area contributed by atoms with Gasteiger partial charge in [-0.1, -0.05) is 13.8 Å². The summed E-state index contributed by atoms with van der Waals surface area (Å²) in [5.74, 6) is 0. The zero-order chi connectivity index (χ0) is 13.8. The molecular formula is C12H20BrN3OS. The molecule has 0 saturated carbocycles. The maximum absolute atomic E-state index is 11.7. The van der Waals surface area contributed by atoms with Gasteiger partial charge in [0, 0.05) is 18.3 Å². The van der Waals surface area contributed by atoms with Gasteiger partial charge in [0.1, 0.15) is 4.47 Å². The fraction of sp³-hybridized carbons (Fsp3) is 0.667. The zero-order valence-corrected chi connectivity index (χ0v) is 13.7. The van der Waals surface area contributed by atoms with E-state index in [9.17, 15) is 4.79 Å². The second-order valence-corrected chi connectivity index (χ2v) is 6.32. The first kappa shape index (κ1) is 15.6. The summed E-state index contributed by atoms with van der Waals surface area (Å²) in [4.78, 5) is 11.7. The molecule has 0 radical (unpaired) electrons. The van der Waals surface area contributed by atoms with Gasteiger partial charge in [0.05, 0.1) is 11.9 Å². The van der Waals surface area contributed by atoms with Crippen LogP contribution in [0.5, 0.6) is 0 Å². The minimum atomic E-state index is -0.122. The van der Waals surface area contributed by atoms with Crippen molar-refractivity contribution >= 4 is 33.4 Å². The molecule has 1 aromatic heterocycles. The average molecular weight is 334 g/mol. The molecule has 0 aliphatic carbocycles. The number of halogens is 1. The Labute approximate surface area is 121 Å². The normalized spacial score (nSPS) is 11.6. The summed E-state index contributed by atoms with van der Waals surface area (Å²) in [5.41, 5.74) is 0.640. The van der Waals surface area contributed by atoms with Gasteiger partial charge in [-0.25, -0.2) is 4.68 Å². The fourth-order valence-electron chi connectivity index (χ4n) is 1.75. The highest BCUT2D eigenvalue weighted by atomic mass is 79.9. The van der Waals surface area contributed by atoms with Crippen molar-refractivity contribution in [2.24, 2.45) is 7.05 Å². The summed E-state index contributed by atoms with van der Waals surface area (Å²) in [5, 5.41) is 7.35. The molecule has 0 saturated heterocycles. The minimum Gasteiger partial charge on any atom is -0.381 e. The van der Waals surface area contributed by atoms with Crippen LogP contribution in [0.25, 0.3) is 0 Å². The lowest BCUT2D eigenvalue weighted by Gasteiger charge is -2.30. The molecule has 18 heavy (non-hydrogen) atoms. The lowest BCUT2D eigenvalue weighted by molar-refractivity contribution is 0.574. The topological polar surface area (TPSA) is 46.9 Å². The highest BCUT2D eigenvalue weighted by molar-refractivity contribution is 9.10. The van der Waals surface area contributed by atoms with Crippen molar-refractivity contribution < 1.29 is 0 Å². The average Bonchev–Trinajstić information content (AvgIpc) is 2.40. The number of nitrogens with one attached hydrogen (secondary N) is 1. The molecule has 0 fully saturated rings. The molecule has 0 aliphatic heterocycles. The minimum absolute atomic E-state index is 0.122. The SMILES string of the molecule is CCC(CC)(CNc1cnn(C)c(=O)c1Br)SC. The first-order valence-corrected chi connectivity index (χ1v) is 8.02. The fourth-order valence-corrected chi connectivity index (χ4v) is 3.04. The van der Waals surface area contributed by atoms with Crippen LogP contribution in [0, 0.1) is 0 Å². The first-order valence-electron chi connectivity index (χ1n) is 6.00. The smallest absolute Gasteiger partial charge is 0.282 e. The third-order valence-corrected chi connectivity index (χ3v) is 5.75. The van der Waals surface area contributed by atoms with E-state index in [1.165, 1.54) is 4.68 Å². The van der Waals surface area contributed by atoms with Gasteiger partial charge >= 0.3 is 0 Å². The highest BCUT2D eigenvalue weighted by Crippen LogP contribution is 2.31. The van der Waals surface area contributed by atoms with E-state index < -0.39 is 0 Å². The molecule has 1 heterocycles. The monoisotopic (exact) mass is 333 g/mol. The Hall–Kier alpha value is -0.490. The van der Waals surface area contributed by atoms with Crippen molar-refractivity contribution in [1.29, 1.82) is 0 Å². The lowest BCUT2D eigenvalue weighted by atomic mass is 10.0. The maximum Gasteiger partial charge on any atom is 0.282 e. The van der Waals surface area contributed by atoms with E-state index in [4.69, 9.17) is 0 Å². The summed E-state index contributed by atoms with van der Waals surface area (Å²) >= 11 is 5.19. The van der Waals surface area contributed by atoms with Crippen molar-refractivity contribution in [3.63, 3.8) is 0 Å². The highest BCUT2D eigenvalue weighted by Gasteiger charge is 2.24. The van der Waals surface area contributed by atoms with E-state index in [2.05, 4.69) is 46.4 Å². The molecule has 0 aromatic carbocycles. The summed E-state index contributed by atoms with van der Waals surface area (Å²) in [6, 6.07) is 0. The first-order chi connectivity index (χ1) is 8.49. The zero-order valence-electron chi connectivity index (χ0n) is 11.3. The Bertz CT molecular complexity index is 449. The van der Waals surface area contributed by atoms with Crippen LogP contribution in [0.15, 0.2) is 15.5 Å². The van der Waals surface area contributed by atoms with Crippen LogP contribution < -0.4 is 10.9 Å². The van der Waals surface area contributed by atoms with Crippen LogP contribution in [0.3, 0.4) is 0 Å². The number of thioether (sulfide) groups is 1. The summed E-state index contributed by atoms with van der Waals surface area (Å²) in [7, 11) is 1.64. The molecule has 0 unspecified atom stereocenters. The molecule has 0 bridgehead atoms. The van der Waals surface area contributed by atoms with Crippen LogP contribution in [0.1, 0.15) is 26.7 Å². The summed E-state index contributed by atoms with van der Waals surface area (Å²) < 4.78 is 2.07. The molecule has 6 heteroatoms. The number of anilines is 1. The largest absolute Gasteiger partial charge is 0.381 e. The standard InChI is InChI=1S/C12H20BrN3OS/c1-5-12(6-2,18-4)8-14-9-7-15-16(3)11(17)10(9)13/h7,14H,5-6,8H2,1-4H3. The molecule has 1 N–H and O–H groups in total. The molecule has 0 amide bonds. The predicted molar refractivity (Wildman–Crippen MR) is 82.5 cm³/mol. The van der Waals surface area contributed by atoms with Crippen LogP contribution in [-0.4, -0.2) is 27.3 Å². The van der Waals surface area contributed by atoms with Crippen LogP contribution in [0.2, 0.25) is 0 Å². The van der Waals surface area contributed by atoms with E-state index in [0.717, 1.165) is 25.1 Å². The molecule has 4 nitrogen and oxygen atoms in total. The second-order valence-electron chi connectivity index (χ2n) is 4.25. The third-order valence-electron chi connectivity index (χ3n) is 3.40. The lowest BCUT2D eigenvalue weighted by Crippen LogP contribution is -2.33. The van der Waals surface area contributed by atoms with Crippen molar-refractivity contribution in [2.75, 3.05) is 18.1 Å². The maximum atomic E-state index is 11.7. The third kappa shape index (κ3) is 3.29. The van der Waals surface area contributed by atoms with E-state index in [0.29, 0.717) is 4.47 Å². The molecule has 1 aromatic rings. The Morgan fingerprint density at radius 1 is 1.50 bits per heavy atom. The number of rotatable bonds is 6. The number of nitrogens with zero attached hydrogens (tertiary/aromatic N) is 2. The van der Waals surface area contributed by atoms with Gasteiger partial charge < -0.3 is 5.32 Å². The van der Waals surface area contributed by atoms with Gasteiger partial charge in [-0.3, -0.25) is 4.79 Å². The Kier molecular flexibility index (Phi) is 5.72. The Morgan fingerprint density at radius 3 is 2.61 bits per heavy atom. The van der Waals surface area contributed by atoms with Crippen LogP contribution in [-0.2, 0) is 7.05 Å². The molecule has 0 atom stereocenters. The van der Waals surface area contributed by atoms with Gasteiger partial charge in [-0.15, -0.1) is 0 Å². The molecule has 102 valence electrons. The molecule has 0 spiro atoms. The summed E-state index contributed by atoms with van der Waals surface area (Å²) in [6.45, 7) is 5.21. The van der Waals surface area contributed by atoms with Crippen LogP contribution in [0.4, 0.5) is 5.69 Å². The van der Waals surface area contributed by atoms with Crippen LogP contribution >= 0.6 is 27.7 Å². The van der Waals surface area contributed by atoms with Gasteiger partial charge in [0.2, 0.25) is 0 Å². The van der Waals surface area contributed by atoms with Crippen molar-refractivity contribution in [2.45, 2.75) is 31.4 Å². The van der Waals surface area contributed by atoms with E-state index in [-0.39, 0.29) is 10.3 Å². The van der Waals surface area contributed by atoms with Crippen molar-refractivity contribution in [3.05, 3.63) is 21.0 Å². The predicted octanol–water partition coefficient (Wildman–Crippen LogP) is 2.88. The second kappa shape index (κ2) is 6.61. The van der Waals surface area contributed by atoms with Gasteiger partial charge in [-0.05, 0) is 35.0 Å². The van der Waals surface area contributed by atoms with Crippen molar-refractivity contribution in [1.82, 2.24) is 9.78 Å². The Morgan fingerprint density at radius 2 is 2.11 bits per heavy atom. The number of hydrogen-bond acceptors (Lipinski definition) is 4. The van der Waals surface area contributed by atoms with Gasteiger partial charge in [0.15, 0.2) is 0 Å². The molecule has 0 aliphatic rings.